The Morgan fingerprint density at radius 2 is 2.20 bits per heavy atom. The Morgan fingerprint density at radius 3 is 2.90 bits per heavy atom. The Morgan fingerprint density at radius 1 is 1.35 bits per heavy atom. The number of hydrogen-bond donors (Lipinski definition) is 1. The number of nitrogens with zero attached hydrogens (tertiary/aromatic N) is 2. The van der Waals surface area contributed by atoms with E-state index in [1.165, 1.54) is 28.8 Å². The quantitative estimate of drug-likeness (QED) is 0.930. The van der Waals surface area contributed by atoms with Crippen molar-refractivity contribution < 1.29 is 0 Å². The highest BCUT2D eigenvalue weighted by molar-refractivity contribution is 9.10. The van der Waals surface area contributed by atoms with Gasteiger partial charge < -0.3 is 5.32 Å². The summed E-state index contributed by atoms with van der Waals surface area (Å²) in [7, 11) is 0. The van der Waals surface area contributed by atoms with E-state index < -0.39 is 0 Å². The predicted molar refractivity (Wildman–Crippen MR) is 85.8 cm³/mol. The standard InChI is InChI=1S/C16H20BrN3/c1-11-7-14(17)3-4-15(11)16-9-19-20(12(16)2)10-13-5-6-18-8-13/h3-4,7,9,13,18H,5-6,8,10H2,1-2H3. The van der Waals surface area contributed by atoms with Crippen LogP contribution in [-0.2, 0) is 6.54 Å². The number of aryl methyl sites for hydroxylation is 1. The minimum atomic E-state index is 0.715. The molecule has 1 aromatic heterocycles. The zero-order valence-corrected chi connectivity index (χ0v) is 13.6. The molecule has 1 N–H and O–H groups in total. The molecule has 1 saturated heterocycles. The summed E-state index contributed by atoms with van der Waals surface area (Å²) in [6, 6.07) is 6.43. The summed E-state index contributed by atoms with van der Waals surface area (Å²) in [5.41, 5.74) is 5.08. The van der Waals surface area contributed by atoms with Crippen molar-refractivity contribution in [2.75, 3.05) is 13.1 Å². The molecule has 0 bridgehead atoms. The van der Waals surface area contributed by atoms with Gasteiger partial charge in [0.05, 0.1) is 6.20 Å². The van der Waals surface area contributed by atoms with Gasteiger partial charge in [-0.2, -0.15) is 5.10 Å². The van der Waals surface area contributed by atoms with E-state index in [4.69, 9.17) is 0 Å². The number of aromatic nitrogens is 2. The van der Waals surface area contributed by atoms with Crippen LogP contribution in [-0.4, -0.2) is 22.9 Å². The van der Waals surface area contributed by atoms with Crippen LogP contribution in [0.15, 0.2) is 28.9 Å². The van der Waals surface area contributed by atoms with Crippen LogP contribution in [0.3, 0.4) is 0 Å². The smallest absolute Gasteiger partial charge is 0.0571 e. The number of halogens is 1. The molecule has 20 heavy (non-hydrogen) atoms. The van der Waals surface area contributed by atoms with Gasteiger partial charge in [0.25, 0.3) is 0 Å². The van der Waals surface area contributed by atoms with E-state index >= 15 is 0 Å². The van der Waals surface area contributed by atoms with E-state index in [2.05, 4.69) is 63.1 Å². The molecule has 0 radical (unpaired) electrons. The Hall–Kier alpha value is -1.13. The van der Waals surface area contributed by atoms with Gasteiger partial charge in [0.15, 0.2) is 0 Å². The van der Waals surface area contributed by atoms with Crippen LogP contribution in [0, 0.1) is 19.8 Å². The number of rotatable bonds is 3. The van der Waals surface area contributed by atoms with Crippen molar-refractivity contribution in [1.82, 2.24) is 15.1 Å². The first-order valence-corrected chi connectivity index (χ1v) is 7.94. The Bertz CT molecular complexity index is 612. The third-order valence-corrected chi connectivity index (χ3v) is 4.67. The molecule has 1 aromatic carbocycles. The maximum atomic E-state index is 4.60. The van der Waals surface area contributed by atoms with Crippen molar-refractivity contribution >= 4 is 15.9 Å². The van der Waals surface area contributed by atoms with Crippen molar-refractivity contribution in [3.05, 3.63) is 40.1 Å². The SMILES string of the molecule is Cc1cc(Br)ccc1-c1cnn(CC2CCNC2)c1C. The summed E-state index contributed by atoms with van der Waals surface area (Å²) in [4.78, 5) is 0. The summed E-state index contributed by atoms with van der Waals surface area (Å²) >= 11 is 3.52. The summed E-state index contributed by atoms with van der Waals surface area (Å²) in [5, 5.41) is 8.02. The van der Waals surface area contributed by atoms with Crippen molar-refractivity contribution in [1.29, 1.82) is 0 Å². The van der Waals surface area contributed by atoms with Gasteiger partial charge in [-0.05, 0) is 62.5 Å². The highest BCUT2D eigenvalue weighted by Crippen LogP contribution is 2.29. The molecule has 106 valence electrons. The second-order valence-electron chi connectivity index (χ2n) is 5.64. The van der Waals surface area contributed by atoms with Crippen molar-refractivity contribution in [3.63, 3.8) is 0 Å². The third kappa shape index (κ3) is 2.67. The topological polar surface area (TPSA) is 29.9 Å². The van der Waals surface area contributed by atoms with E-state index in [-0.39, 0.29) is 0 Å². The zero-order valence-electron chi connectivity index (χ0n) is 12.0. The molecule has 3 rings (SSSR count). The number of nitrogens with one attached hydrogen (secondary N) is 1. The Kier molecular flexibility index (Phi) is 3.94. The maximum absolute atomic E-state index is 4.60. The molecule has 3 nitrogen and oxygen atoms in total. The van der Waals surface area contributed by atoms with E-state index in [9.17, 15) is 0 Å². The molecule has 2 aromatic rings. The van der Waals surface area contributed by atoms with E-state index in [0.29, 0.717) is 5.92 Å². The van der Waals surface area contributed by atoms with Crippen LogP contribution in [0.4, 0.5) is 0 Å². The van der Waals surface area contributed by atoms with Crippen molar-refractivity contribution in [2.24, 2.45) is 5.92 Å². The predicted octanol–water partition coefficient (Wildman–Crippen LogP) is 3.54. The van der Waals surface area contributed by atoms with Gasteiger partial charge >= 0.3 is 0 Å². The van der Waals surface area contributed by atoms with Crippen molar-refractivity contribution in [3.8, 4) is 11.1 Å². The molecule has 2 heterocycles. The lowest BCUT2D eigenvalue weighted by atomic mass is 10.0. The van der Waals surface area contributed by atoms with Gasteiger partial charge in [-0.25, -0.2) is 0 Å². The lowest BCUT2D eigenvalue weighted by molar-refractivity contribution is 0.443. The molecule has 0 aliphatic carbocycles. The van der Waals surface area contributed by atoms with Gasteiger partial charge in [-0.15, -0.1) is 0 Å². The zero-order chi connectivity index (χ0) is 14.1. The highest BCUT2D eigenvalue weighted by atomic mass is 79.9. The molecule has 1 atom stereocenters. The molecule has 1 fully saturated rings. The minimum absolute atomic E-state index is 0.715. The molecule has 4 heteroatoms. The first-order chi connectivity index (χ1) is 9.65. The molecule has 0 saturated carbocycles. The van der Waals surface area contributed by atoms with Crippen LogP contribution in [0.2, 0.25) is 0 Å². The van der Waals surface area contributed by atoms with Gasteiger partial charge in [0, 0.05) is 22.3 Å². The van der Waals surface area contributed by atoms with Crippen molar-refractivity contribution in [2.45, 2.75) is 26.8 Å². The molecule has 1 aliphatic rings. The fourth-order valence-electron chi connectivity index (χ4n) is 2.94. The normalized spacial score (nSPS) is 18.6. The minimum Gasteiger partial charge on any atom is -0.316 e. The largest absolute Gasteiger partial charge is 0.316 e. The second-order valence-corrected chi connectivity index (χ2v) is 6.56. The van der Waals surface area contributed by atoms with Gasteiger partial charge in [-0.1, -0.05) is 22.0 Å². The first-order valence-electron chi connectivity index (χ1n) is 7.15. The maximum Gasteiger partial charge on any atom is 0.0571 e. The van der Waals surface area contributed by atoms with Gasteiger partial charge in [0.1, 0.15) is 0 Å². The summed E-state index contributed by atoms with van der Waals surface area (Å²) in [6.45, 7) is 7.61. The van der Waals surface area contributed by atoms with Gasteiger partial charge in [-0.3, -0.25) is 4.68 Å². The molecule has 0 amide bonds. The van der Waals surface area contributed by atoms with E-state index in [1.54, 1.807) is 0 Å². The Labute approximate surface area is 128 Å². The molecular weight excluding hydrogens is 314 g/mol. The lowest BCUT2D eigenvalue weighted by Gasteiger charge is -2.11. The van der Waals surface area contributed by atoms with Crippen LogP contribution in [0.25, 0.3) is 11.1 Å². The molecule has 1 unspecified atom stereocenters. The van der Waals surface area contributed by atoms with Crippen LogP contribution < -0.4 is 5.32 Å². The summed E-state index contributed by atoms with van der Waals surface area (Å²) in [5.74, 6) is 0.715. The molecule has 0 spiro atoms. The monoisotopic (exact) mass is 333 g/mol. The average molecular weight is 334 g/mol. The number of benzene rings is 1. The fourth-order valence-corrected chi connectivity index (χ4v) is 3.41. The summed E-state index contributed by atoms with van der Waals surface area (Å²) in [6.07, 6.45) is 3.26. The summed E-state index contributed by atoms with van der Waals surface area (Å²) < 4.78 is 3.29. The van der Waals surface area contributed by atoms with Crippen LogP contribution >= 0.6 is 15.9 Å². The third-order valence-electron chi connectivity index (χ3n) is 4.18. The lowest BCUT2D eigenvalue weighted by Crippen LogP contribution is -2.16. The van der Waals surface area contributed by atoms with Crippen LogP contribution in [0.1, 0.15) is 17.7 Å². The highest BCUT2D eigenvalue weighted by Gasteiger charge is 2.18. The van der Waals surface area contributed by atoms with E-state index in [1.807, 2.05) is 6.20 Å². The van der Waals surface area contributed by atoms with Crippen LogP contribution in [0.5, 0.6) is 0 Å². The van der Waals surface area contributed by atoms with Gasteiger partial charge in [0.2, 0.25) is 0 Å². The van der Waals surface area contributed by atoms with E-state index in [0.717, 1.165) is 24.1 Å². The number of hydrogen-bond acceptors (Lipinski definition) is 2. The molecular formula is C16H20BrN3. The Balaban J connectivity index is 1.89. The fraction of sp³-hybridized carbons (Fsp3) is 0.438. The molecule has 1 aliphatic heterocycles. The second kappa shape index (κ2) is 5.70. The average Bonchev–Trinajstić information content (AvgIpc) is 3.03. The first kappa shape index (κ1) is 13.8.